The van der Waals surface area contributed by atoms with Gasteiger partial charge in [0.2, 0.25) is 0 Å². The van der Waals surface area contributed by atoms with Crippen LogP contribution in [0.25, 0.3) is 21.5 Å². The number of hydrogen-bond acceptors (Lipinski definition) is 6. The van der Waals surface area contributed by atoms with E-state index in [1.165, 1.54) is 381 Å². The number of fused-ring (bicyclic) bond motifs is 2. The van der Waals surface area contributed by atoms with Crippen molar-refractivity contribution in [1.82, 2.24) is 0 Å². The van der Waals surface area contributed by atoms with Gasteiger partial charge in [0.25, 0.3) is 0 Å². The van der Waals surface area contributed by atoms with Crippen LogP contribution in [0.2, 0.25) is 0 Å². The van der Waals surface area contributed by atoms with Gasteiger partial charge in [0.05, 0.1) is 9.79 Å². The Morgan fingerprint density at radius 1 is 0.226 bits per heavy atom. The first kappa shape index (κ1) is 87.9. The van der Waals surface area contributed by atoms with E-state index in [0.717, 1.165) is 49.3 Å². The molecule has 0 aromatic heterocycles. The van der Waals surface area contributed by atoms with Crippen molar-refractivity contribution in [2.24, 2.45) is 0 Å². The summed E-state index contributed by atoms with van der Waals surface area (Å²) in [6, 6.07) is 18.5. The van der Waals surface area contributed by atoms with Crippen molar-refractivity contribution in [1.29, 1.82) is 0 Å². The minimum absolute atomic E-state index is 0. The summed E-state index contributed by atoms with van der Waals surface area (Å²) in [5.41, 5.74) is 5.25. The molecule has 0 aliphatic rings. The van der Waals surface area contributed by atoms with Crippen molar-refractivity contribution >= 4 is 90.7 Å². The van der Waals surface area contributed by atoms with Crippen molar-refractivity contribution in [3.8, 4) is 0 Å². The van der Waals surface area contributed by atoms with Crippen LogP contribution in [0.4, 0.5) is 0 Å². The average Bonchev–Trinajstić information content (AvgIpc) is 0.805. The van der Waals surface area contributed by atoms with Gasteiger partial charge in [0.1, 0.15) is 20.2 Å². The molecule has 6 nitrogen and oxygen atoms in total. The normalized spacial score (nSPS) is 11.8. The van der Waals surface area contributed by atoms with Crippen LogP contribution in [0.5, 0.6) is 0 Å². The SMILES string of the molecule is CCCCCCCCCCCCCCCCc1ccc2c(S(=O)(=O)[O-])cccc2c1CCCCCCCCCCCCCCCC.CCCCCCCCCCCCCCCCc1ccc2c(S(=O)(=O)[O-])cccc2c1CCCCCCCCCCCCCCCC.[Ba+2]. The Morgan fingerprint density at radius 3 is 0.602 bits per heavy atom. The second kappa shape index (κ2) is 59.6. The summed E-state index contributed by atoms with van der Waals surface area (Å²) in [7, 11) is -9.00. The maximum absolute atomic E-state index is 12.0. The van der Waals surface area contributed by atoms with Gasteiger partial charge in [-0.25, -0.2) is 16.8 Å². The summed E-state index contributed by atoms with van der Waals surface area (Å²) in [5, 5.41) is 3.13. The molecule has 0 unspecified atom stereocenters. The molecule has 0 aliphatic carbocycles. The zero-order valence-electron chi connectivity index (χ0n) is 61.2. The Labute approximate surface area is 616 Å². The molecule has 0 fully saturated rings. The molecule has 0 aliphatic heterocycles. The number of unbranched alkanes of at least 4 members (excludes halogenated alkanes) is 52. The number of aryl methyl sites for hydroxylation is 4. The van der Waals surface area contributed by atoms with Crippen molar-refractivity contribution in [3.63, 3.8) is 0 Å². The van der Waals surface area contributed by atoms with Gasteiger partial charge < -0.3 is 9.11 Å². The molecule has 0 spiro atoms. The van der Waals surface area contributed by atoms with Crippen molar-refractivity contribution in [3.05, 3.63) is 82.9 Å². The standard InChI is InChI=1S/2C42H72O3S.Ba/c2*1-3-5-7-9-11-13-15-17-19-21-23-25-27-29-32-38-36-37-41-40(34-31-35-42(41)46(43,44)45)39(38)33-30-28-26-24-22-20-18-16-14-12-10-8-6-4-2;/h2*31,34-37H,3-30,32-33H2,1-2H3,(H,43,44,45);/q;;+2/p-2. The molecular formula is C84H142BaO6S2. The zero-order chi connectivity index (χ0) is 66.3. The second-order valence-corrected chi connectivity index (χ2v) is 31.1. The average molecular weight is 1450 g/mol. The van der Waals surface area contributed by atoms with Gasteiger partial charge in [-0.1, -0.05) is 410 Å². The predicted octanol–water partition coefficient (Wildman–Crippen LogP) is 27.2. The minimum Gasteiger partial charge on any atom is -0.744 e. The number of rotatable bonds is 62. The second-order valence-electron chi connectivity index (χ2n) is 28.4. The molecule has 93 heavy (non-hydrogen) atoms. The van der Waals surface area contributed by atoms with Gasteiger partial charge in [0, 0.05) is 0 Å². The van der Waals surface area contributed by atoms with E-state index in [-0.39, 0.29) is 58.7 Å². The summed E-state index contributed by atoms with van der Waals surface area (Å²) in [4.78, 5) is -0.148. The molecule has 4 aromatic carbocycles. The van der Waals surface area contributed by atoms with E-state index in [4.69, 9.17) is 0 Å². The Kier molecular flexibility index (Phi) is 56.4. The molecule has 4 aromatic rings. The van der Waals surface area contributed by atoms with Crippen molar-refractivity contribution < 1.29 is 25.9 Å². The van der Waals surface area contributed by atoms with E-state index >= 15 is 0 Å². The van der Waals surface area contributed by atoms with E-state index < -0.39 is 20.2 Å². The van der Waals surface area contributed by atoms with Gasteiger partial charge in [-0.2, -0.15) is 0 Å². The Balaban J connectivity index is 0.000000627. The summed E-state index contributed by atoms with van der Waals surface area (Å²) in [5.74, 6) is 0. The third kappa shape index (κ3) is 43.2. The molecular weight excluding hydrogens is 1310 g/mol. The molecule has 4 rings (SSSR count). The van der Waals surface area contributed by atoms with Gasteiger partial charge >= 0.3 is 48.9 Å². The predicted molar refractivity (Wildman–Crippen MR) is 406 cm³/mol. The van der Waals surface area contributed by atoms with E-state index in [1.807, 2.05) is 24.3 Å². The molecule has 9 heteroatoms. The zero-order valence-corrected chi connectivity index (χ0v) is 67.2. The van der Waals surface area contributed by atoms with E-state index in [0.29, 0.717) is 10.8 Å². The van der Waals surface area contributed by atoms with Crippen LogP contribution in [0.3, 0.4) is 0 Å². The van der Waals surface area contributed by atoms with Crippen LogP contribution in [-0.2, 0) is 45.9 Å². The first-order valence-corrected chi connectivity index (χ1v) is 42.8. The Morgan fingerprint density at radius 2 is 0.409 bits per heavy atom. The summed E-state index contributed by atoms with van der Waals surface area (Å²) in [6.45, 7) is 9.13. The maximum atomic E-state index is 12.0. The summed E-state index contributed by atoms with van der Waals surface area (Å²) >= 11 is 0. The molecule has 0 bridgehead atoms. The molecule has 0 heterocycles. The third-order valence-corrected chi connectivity index (χ3v) is 21.9. The molecule has 0 N–H and O–H groups in total. The monoisotopic (exact) mass is 1450 g/mol. The molecule has 0 amide bonds. The Hall–Kier alpha value is -1.21. The molecule has 528 valence electrons. The van der Waals surface area contributed by atoms with E-state index in [9.17, 15) is 25.9 Å². The number of hydrogen-bond donors (Lipinski definition) is 0. The molecule has 0 atom stereocenters. The van der Waals surface area contributed by atoms with Crippen LogP contribution in [0, 0.1) is 0 Å². The first-order chi connectivity index (χ1) is 45.0. The van der Waals surface area contributed by atoms with Crippen LogP contribution in [0.1, 0.15) is 410 Å². The smallest absolute Gasteiger partial charge is 0.744 e. The van der Waals surface area contributed by atoms with Crippen LogP contribution >= 0.6 is 0 Å². The first-order valence-electron chi connectivity index (χ1n) is 40.0. The van der Waals surface area contributed by atoms with Crippen LogP contribution in [0.15, 0.2) is 70.5 Å². The minimum atomic E-state index is -4.50. The summed E-state index contributed by atoms with van der Waals surface area (Å²) < 4.78 is 72.0. The fourth-order valence-corrected chi connectivity index (χ4v) is 15.8. The van der Waals surface area contributed by atoms with Gasteiger partial charge in [0.15, 0.2) is 0 Å². The Bertz CT molecular complexity index is 2430. The van der Waals surface area contributed by atoms with E-state index in [2.05, 4.69) is 39.8 Å². The molecule has 0 saturated carbocycles. The molecule has 0 saturated heterocycles. The third-order valence-electron chi connectivity index (χ3n) is 20.2. The van der Waals surface area contributed by atoms with Crippen molar-refractivity contribution in [2.75, 3.05) is 0 Å². The van der Waals surface area contributed by atoms with Gasteiger partial charge in [-0.3, -0.25) is 0 Å². The van der Waals surface area contributed by atoms with Crippen molar-refractivity contribution in [2.45, 2.75) is 423 Å². The number of benzene rings is 4. The van der Waals surface area contributed by atoms with Crippen LogP contribution < -0.4 is 0 Å². The molecule has 0 radical (unpaired) electrons. The quantitative estimate of drug-likeness (QED) is 0.0247. The van der Waals surface area contributed by atoms with Crippen LogP contribution in [-0.4, -0.2) is 74.8 Å². The maximum Gasteiger partial charge on any atom is 2.00 e. The van der Waals surface area contributed by atoms with E-state index in [1.54, 1.807) is 12.1 Å². The fraction of sp³-hybridized carbons (Fsp3) is 0.762. The topological polar surface area (TPSA) is 114 Å². The van der Waals surface area contributed by atoms with Gasteiger partial charge in [-0.05, 0) is 107 Å². The van der Waals surface area contributed by atoms with Gasteiger partial charge in [-0.15, -0.1) is 0 Å². The summed E-state index contributed by atoms with van der Waals surface area (Å²) in [6.07, 6.45) is 79.7. The fourth-order valence-electron chi connectivity index (χ4n) is 14.4. The largest absolute Gasteiger partial charge is 2.00 e.